The van der Waals surface area contributed by atoms with Gasteiger partial charge in [0.25, 0.3) is 0 Å². The topological polar surface area (TPSA) is 20.3 Å². The number of likely N-dealkylation sites (tertiary alicyclic amines) is 1. The molecule has 1 amide bonds. The minimum absolute atomic E-state index is 0.163. The van der Waals surface area contributed by atoms with Crippen LogP contribution in [0.15, 0.2) is 0 Å². The molecule has 0 bridgehead atoms. The summed E-state index contributed by atoms with van der Waals surface area (Å²) >= 11 is 5.91. The number of rotatable bonds is 0. The van der Waals surface area contributed by atoms with Crippen LogP contribution < -0.4 is 0 Å². The van der Waals surface area contributed by atoms with Crippen molar-refractivity contribution in [1.29, 1.82) is 0 Å². The van der Waals surface area contributed by atoms with E-state index in [9.17, 15) is 4.79 Å². The van der Waals surface area contributed by atoms with Gasteiger partial charge in [-0.25, -0.2) is 0 Å². The second-order valence-electron chi connectivity index (χ2n) is 4.39. The Morgan fingerprint density at radius 2 is 2.08 bits per heavy atom. The fourth-order valence-electron chi connectivity index (χ4n) is 1.38. The molecule has 12 heavy (non-hydrogen) atoms. The van der Waals surface area contributed by atoms with Gasteiger partial charge in [-0.3, -0.25) is 4.79 Å². The minimum Gasteiger partial charge on any atom is -0.341 e. The summed E-state index contributed by atoms with van der Waals surface area (Å²) in [6, 6.07) is 0. The van der Waals surface area contributed by atoms with Crippen LogP contribution in [0.25, 0.3) is 0 Å². The second kappa shape index (κ2) is 3.25. The van der Waals surface area contributed by atoms with Gasteiger partial charge in [0.15, 0.2) is 0 Å². The number of carbonyl (C=O) groups excluding carboxylic acids is 1. The summed E-state index contributed by atoms with van der Waals surface area (Å²) in [5.74, 6) is 0.214. The van der Waals surface area contributed by atoms with E-state index in [2.05, 4.69) is 0 Å². The van der Waals surface area contributed by atoms with E-state index in [-0.39, 0.29) is 16.7 Å². The first kappa shape index (κ1) is 9.85. The first-order valence-corrected chi connectivity index (χ1v) is 4.78. The van der Waals surface area contributed by atoms with Crippen LogP contribution in [0.1, 0.15) is 27.2 Å². The van der Waals surface area contributed by atoms with Gasteiger partial charge in [0.05, 0.1) is 5.38 Å². The van der Waals surface area contributed by atoms with E-state index >= 15 is 0 Å². The van der Waals surface area contributed by atoms with Crippen LogP contribution in [0, 0.1) is 5.41 Å². The molecule has 1 rings (SSSR count). The highest BCUT2D eigenvalue weighted by Gasteiger charge is 2.31. The average molecular weight is 190 g/mol. The van der Waals surface area contributed by atoms with Crippen LogP contribution >= 0.6 is 11.6 Å². The summed E-state index contributed by atoms with van der Waals surface area (Å²) in [5, 5.41) is 0.163. The summed E-state index contributed by atoms with van der Waals surface area (Å²) < 4.78 is 0. The Morgan fingerprint density at radius 1 is 1.50 bits per heavy atom. The predicted octanol–water partition coefficient (Wildman–Crippen LogP) is 1.87. The Balaban J connectivity index is 2.55. The van der Waals surface area contributed by atoms with E-state index in [0.717, 1.165) is 19.5 Å². The van der Waals surface area contributed by atoms with Crippen molar-refractivity contribution in [2.75, 3.05) is 13.1 Å². The molecule has 70 valence electrons. The van der Waals surface area contributed by atoms with Crippen LogP contribution in [-0.2, 0) is 4.79 Å². The maximum absolute atomic E-state index is 11.7. The number of hydrogen-bond donors (Lipinski definition) is 0. The SMILES string of the molecule is CC(C)(C)C(=O)N1CCC(Cl)C1. The molecule has 3 heteroatoms. The lowest BCUT2D eigenvalue weighted by molar-refractivity contribution is -0.138. The van der Waals surface area contributed by atoms with E-state index in [1.807, 2.05) is 25.7 Å². The molecule has 0 aromatic carbocycles. The highest BCUT2D eigenvalue weighted by Crippen LogP contribution is 2.22. The van der Waals surface area contributed by atoms with Crippen molar-refractivity contribution in [3.8, 4) is 0 Å². The fourth-order valence-corrected chi connectivity index (χ4v) is 1.64. The molecule has 0 aromatic rings. The zero-order chi connectivity index (χ0) is 9.35. The summed E-state index contributed by atoms with van der Waals surface area (Å²) in [6.07, 6.45) is 0.934. The molecule has 1 aliphatic rings. The van der Waals surface area contributed by atoms with Crippen LogP contribution in [0.3, 0.4) is 0 Å². The third kappa shape index (κ3) is 2.13. The zero-order valence-corrected chi connectivity index (χ0v) is 8.69. The second-order valence-corrected chi connectivity index (χ2v) is 5.00. The largest absolute Gasteiger partial charge is 0.341 e. The summed E-state index contributed by atoms with van der Waals surface area (Å²) in [7, 11) is 0. The molecule has 1 saturated heterocycles. The van der Waals surface area contributed by atoms with Gasteiger partial charge in [0.1, 0.15) is 0 Å². The zero-order valence-electron chi connectivity index (χ0n) is 7.93. The van der Waals surface area contributed by atoms with Crippen LogP contribution in [-0.4, -0.2) is 29.3 Å². The van der Waals surface area contributed by atoms with Crippen molar-refractivity contribution >= 4 is 17.5 Å². The molecule has 0 N–H and O–H groups in total. The van der Waals surface area contributed by atoms with Gasteiger partial charge < -0.3 is 4.90 Å². The highest BCUT2D eigenvalue weighted by molar-refractivity contribution is 6.21. The molecule has 1 atom stereocenters. The minimum atomic E-state index is -0.263. The van der Waals surface area contributed by atoms with Gasteiger partial charge in [-0.1, -0.05) is 20.8 Å². The molecule has 0 saturated carbocycles. The van der Waals surface area contributed by atoms with E-state index in [1.54, 1.807) is 0 Å². The van der Waals surface area contributed by atoms with Crippen LogP contribution in [0.4, 0.5) is 0 Å². The van der Waals surface area contributed by atoms with E-state index < -0.39 is 0 Å². The Kier molecular flexibility index (Phi) is 2.67. The molecule has 0 spiro atoms. The lowest BCUT2D eigenvalue weighted by Crippen LogP contribution is -2.37. The van der Waals surface area contributed by atoms with Crippen LogP contribution in [0.5, 0.6) is 0 Å². The smallest absolute Gasteiger partial charge is 0.227 e. The summed E-state index contributed by atoms with van der Waals surface area (Å²) in [5.41, 5.74) is -0.263. The van der Waals surface area contributed by atoms with Gasteiger partial charge in [-0.15, -0.1) is 11.6 Å². The van der Waals surface area contributed by atoms with Gasteiger partial charge in [0.2, 0.25) is 5.91 Å². The third-order valence-corrected chi connectivity index (χ3v) is 2.42. The first-order chi connectivity index (χ1) is 5.41. The molecule has 0 aromatic heterocycles. The first-order valence-electron chi connectivity index (χ1n) is 4.34. The molecule has 1 fully saturated rings. The van der Waals surface area contributed by atoms with Crippen LogP contribution in [0.2, 0.25) is 0 Å². The number of carbonyl (C=O) groups is 1. The van der Waals surface area contributed by atoms with E-state index in [4.69, 9.17) is 11.6 Å². The molecule has 1 aliphatic heterocycles. The number of alkyl halides is 1. The molecular formula is C9H16ClNO. The van der Waals surface area contributed by atoms with Gasteiger partial charge >= 0.3 is 0 Å². The molecule has 1 unspecified atom stereocenters. The predicted molar refractivity (Wildman–Crippen MR) is 50.3 cm³/mol. The number of hydrogen-bond acceptors (Lipinski definition) is 1. The lowest BCUT2D eigenvalue weighted by atomic mass is 9.95. The van der Waals surface area contributed by atoms with E-state index in [1.165, 1.54) is 0 Å². The van der Waals surface area contributed by atoms with Crippen molar-refractivity contribution < 1.29 is 4.79 Å². The maximum atomic E-state index is 11.7. The Hall–Kier alpha value is -0.240. The van der Waals surface area contributed by atoms with Gasteiger partial charge in [-0.2, -0.15) is 0 Å². The quantitative estimate of drug-likeness (QED) is 0.533. The molecule has 1 heterocycles. The molecule has 0 radical (unpaired) electrons. The Morgan fingerprint density at radius 3 is 2.42 bits per heavy atom. The highest BCUT2D eigenvalue weighted by atomic mass is 35.5. The van der Waals surface area contributed by atoms with Gasteiger partial charge in [0, 0.05) is 18.5 Å². The molecule has 2 nitrogen and oxygen atoms in total. The van der Waals surface area contributed by atoms with Crippen molar-refractivity contribution in [3.05, 3.63) is 0 Å². The maximum Gasteiger partial charge on any atom is 0.227 e. The molecular weight excluding hydrogens is 174 g/mol. The number of halogens is 1. The monoisotopic (exact) mass is 189 g/mol. The van der Waals surface area contributed by atoms with Crippen molar-refractivity contribution in [2.24, 2.45) is 5.41 Å². The van der Waals surface area contributed by atoms with Crippen molar-refractivity contribution in [2.45, 2.75) is 32.6 Å². The molecule has 0 aliphatic carbocycles. The van der Waals surface area contributed by atoms with Crippen molar-refractivity contribution in [3.63, 3.8) is 0 Å². The van der Waals surface area contributed by atoms with Crippen molar-refractivity contribution in [1.82, 2.24) is 4.90 Å². The lowest BCUT2D eigenvalue weighted by Gasteiger charge is -2.25. The standard InChI is InChI=1S/C9H16ClNO/c1-9(2,3)8(12)11-5-4-7(10)6-11/h7H,4-6H2,1-3H3. The summed E-state index contributed by atoms with van der Waals surface area (Å²) in [4.78, 5) is 13.5. The van der Waals surface area contributed by atoms with Gasteiger partial charge in [-0.05, 0) is 6.42 Å². The average Bonchev–Trinajstić information content (AvgIpc) is 2.32. The third-order valence-electron chi connectivity index (χ3n) is 2.06. The Bertz CT molecular complexity index is 185. The summed E-state index contributed by atoms with van der Waals surface area (Å²) in [6.45, 7) is 7.37. The number of amides is 1. The fraction of sp³-hybridized carbons (Fsp3) is 0.889. The Labute approximate surface area is 78.9 Å². The normalized spacial score (nSPS) is 24.7. The van der Waals surface area contributed by atoms with E-state index in [0.29, 0.717) is 0 Å². The number of nitrogens with zero attached hydrogens (tertiary/aromatic N) is 1.